The second-order valence-electron chi connectivity index (χ2n) is 7.03. The van der Waals surface area contributed by atoms with E-state index >= 15 is 0 Å². The minimum Gasteiger partial charge on any atom is -0.378 e. The maximum absolute atomic E-state index is 12.5. The van der Waals surface area contributed by atoms with E-state index in [1.807, 2.05) is 36.4 Å². The molecule has 0 radical (unpaired) electrons. The molecule has 6 nitrogen and oxygen atoms in total. The normalized spacial score (nSPS) is 18.5. The van der Waals surface area contributed by atoms with Crippen molar-refractivity contribution in [3.8, 4) is 0 Å². The van der Waals surface area contributed by atoms with Crippen LogP contribution in [0.3, 0.4) is 0 Å². The number of nitrogens with one attached hydrogen (secondary N) is 2. The number of benzene rings is 1. The Bertz CT molecular complexity index is 785. The summed E-state index contributed by atoms with van der Waals surface area (Å²) in [6.07, 6.45) is 4.64. The fourth-order valence-electron chi connectivity index (χ4n) is 3.60. The third-order valence-corrected chi connectivity index (χ3v) is 5.55. The van der Waals surface area contributed by atoms with Gasteiger partial charge in [-0.15, -0.1) is 0 Å². The highest BCUT2D eigenvalue weighted by atomic mass is 35.5. The number of pyridine rings is 1. The number of carbonyl (C=O) groups is 1. The summed E-state index contributed by atoms with van der Waals surface area (Å²) in [5.41, 5.74) is 1.46. The number of anilines is 2. The van der Waals surface area contributed by atoms with Crippen LogP contribution in [-0.4, -0.2) is 37.3 Å². The Morgan fingerprint density at radius 1 is 1.11 bits per heavy atom. The zero-order chi connectivity index (χ0) is 18.7. The van der Waals surface area contributed by atoms with E-state index in [0.717, 1.165) is 56.9 Å². The summed E-state index contributed by atoms with van der Waals surface area (Å²) in [6, 6.07) is 11.3. The molecule has 1 saturated carbocycles. The molecular weight excluding hydrogens is 364 g/mol. The Balaban J connectivity index is 1.39. The van der Waals surface area contributed by atoms with Crippen LogP contribution in [-0.2, 0) is 10.3 Å². The van der Waals surface area contributed by atoms with Crippen molar-refractivity contribution in [1.82, 2.24) is 10.3 Å². The summed E-state index contributed by atoms with van der Waals surface area (Å²) < 4.78 is 5.36. The van der Waals surface area contributed by atoms with Crippen LogP contribution in [0.15, 0.2) is 42.6 Å². The highest BCUT2D eigenvalue weighted by Crippen LogP contribution is 2.41. The van der Waals surface area contributed by atoms with Gasteiger partial charge in [-0.3, -0.25) is 0 Å². The van der Waals surface area contributed by atoms with Gasteiger partial charge in [-0.05, 0) is 49.1 Å². The summed E-state index contributed by atoms with van der Waals surface area (Å²) in [5, 5.41) is 6.74. The Morgan fingerprint density at radius 3 is 2.44 bits per heavy atom. The number of nitrogens with zero attached hydrogens (tertiary/aromatic N) is 2. The fourth-order valence-corrected chi connectivity index (χ4v) is 3.73. The lowest BCUT2D eigenvalue weighted by atomic mass is 9.72. The predicted molar refractivity (Wildman–Crippen MR) is 106 cm³/mol. The zero-order valence-electron chi connectivity index (χ0n) is 15.1. The average molecular weight is 387 g/mol. The van der Waals surface area contributed by atoms with E-state index in [0.29, 0.717) is 10.7 Å². The molecular formula is C20H23ClN4O2. The first-order valence-corrected chi connectivity index (χ1v) is 9.66. The molecule has 0 spiro atoms. The van der Waals surface area contributed by atoms with E-state index in [1.165, 1.54) is 0 Å². The van der Waals surface area contributed by atoms with Crippen molar-refractivity contribution in [3.63, 3.8) is 0 Å². The molecule has 2 heterocycles. The fraction of sp³-hybridized carbons (Fsp3) is 0.400. The second kappa shape index (κ2) is 7.74. The SMILES string of the molecule is O=C(Nc1ccc(N2CCOCC2)nc1)NC1(c2ccc(Cl)cc2)CCC1. The molecule has 1 aromatic heterocycles. The third kappa shape index (κ3) is 4.01. The number of hydrogen-bond acceptors (Lipinski definition) is 4. The molecule has 2 fully saturated rings. The second-order valence-corrected chi connectivity index (χ2v) is 7.46. The maximum Gasteiger partial charge on any atom is 0.319 e. The highest BCUT2D eigenvalue weighted by molar-refractivity contribution is 6.30. The number of aromatic nitrogens is 1. The molecule has 142 valence electrons. The van der Waals surface area contributed by atoms with E-state index in [4.69, 9.17) is 16.3 Å². The van der Waals surface area contributed by atoms with Gasteiger partial charge >= 0.3 is 6.03 Å². The van der Waals surface area contributed by atoms with E-state index < -0.39 is 0 Å². The van der Waals surface area contributed by atoms with Gasteiger partial charge in [-0.1, -0.05) is 23.7 Å². The molecule has 2 amide bonds. The molecule has 4 rings (SSSR count). The van der Waals surface area contributed by atoms with Crippen molar-refractivity contribution < 1.29 is 9.53 Å². The molecule has 0 unspecified atom stereocenters. The first-order valence-electron chi connectivity index (χ1n) is 9.29. The average Bonchev–Trinajstić information content (AvgIpc) is 2.67. The van der Waals surface area contributed by atoms with Crippen LogP contribution in [0, 0.1) is 0 Å². The molecule has 27 heavy (non-hydrogen) atoms. The lowest BCUT2D eigenvalue weighted by Crippen LogP contribution is -2.52. The van der Waals surface area contributed by atoms with Crippen molar-refractivity contribution in [2.45, 2.75) is 24.8 Å². The van der Waals surface area contributed by atoms with Gasteiger partial charge in [0.05, 0.1) is 30.6 Å². The number of halogens is 1. The largest absolute Gasteiger partial charge is 0.378 e. The summed E-state index contributed by atoms with van der Waals surface area (Å²) in [4.78, 5) is 19.2. The van der Waals surface area contributed by atoms with Crippen molar-refractivity contribution in [2.75, 3.05) is 36.5 Å². The van der Waals surface area contributed by atoms with E-state index in [-0.39, 0.29) is 11.6 Å². The molecule has 2 aliphatic rings. The number of urea groups is 1. The van der Waals surface area contributed by atoms with Gasteiger partial charge in [-0.25, -0.2) is 9.78 Å². The van der Waals surface area contributed by atoms with Gasteiger partial charge < -0.3 is 20.3 Å². The highest BCUT2D eigenvalue weighted by Gasteiger charge is 2.40. The van der Waals surface area contributed by atoms with Crippen LogP contribution in [0.4, 0.5) is 16.3 Å². The Hall–Kier alpha value is -2.31. The minimum absolute atomic E-state index is 0.217. The molecule has 2 aromatic rings. The Morgan fingerprint density at radius 2 is 1.85 bits per heavy atom. The Kier molecular flexibility index (Phi) is 5.18. The van der Waals surface area contributed by atoms with Crippen LogP contribution < -0.4 is 15.5 Å². The number of carbonyl (C=O) groups excluding carboxylic acids is 1. The molecule has 1 aliphatic carbocycles. The van der Waals surface area contributed by atoms with Gasteiger partial charge in [0.25, 0.3) is 0 Å². The zero-order valence-corrected chi connectivity index (χ0v) is 15.8. The number of amides is 2. The molecule has 0 bridgehead atoms. The van der Waals surface area contributed by atoms with E-state index in [1.54, 1.807) is 6.20 Å². The topological polar surface area (TPSA) is 66.5 Å². The van der Waals surface area contributed by atoms with Gasteiger partial charge in [0.15, 0.2) is 0 Å². The lowest BCUT2D eigenvalue weighted by molar-refractivity contribution is 0.122. The predicted octanol–water partition coefficient (Wildman–Crippen LogP) is 3.77. The smallest absolute Gasteiger partial charge is 0.319 e. The van der Waals surface area contributed by atoms with Gasteiger partial charge in [0, 0.05) is 18.1 Å². The lowest BCUT2D eigenvalue weighted by Gasteiger charge is -2.43. The summed E-state index contributed by atoms with van der Waals surface area (Å²) in [7, 11) is 0. The van der Waals surface area contributed by atoms with E-state index in [2.05, 4.69) is 20.5 Å². The number of ether oxygens (including phenoxy) is 1. The molecule has 7 heteroatoms. The minimum atomic E-state index is -0.310. The standard InChI is InChI=1S/C20H23ClN4O2/c21-16-4-2-15(3-5-16)20(8-1-9-20)24-19(26)23-17-6-7-18(22-14-17)25-10-12-27-13-11-25/h2-7,14H,1,8-13H2,(H2,23,24,26). The Labute approximate surface area is 163 Å². The van der Waals surface area contributed by atoms with E-state index in [9.17, 15) is 4.79 Å². The third-order valence-electron chi connectivity index (χ3n) is 5.30. The van der Waals surface area contributed by atoms with Crippen molar-refractivity contribution >= 4 is 29.1 Å². The first kappa shape index (κ1) is 18.1. The first-order chi connectivity index (χ1) is 13.1. The summed E-state index contributed by atoms with van der Waals surface area (Å²) in [5.74, 6) is 0.904. The van der Waals surface area contributed by atoms with Crippen LogP contribution in [0.5, 0.6) is 0 Å². The number of hydrogen-bond donors (Lipinski definition) is 2. The maximum atomic E-state index is 12.5. The summed E-state index contributed by atoms with van der Waals surface area (Å²) in [6.45, 7) is 3.11. The number of morpholine rings is 1. The van der Waals surface area contributed by atoms with Crippen LogP contribution in [0.25, 0.3) is 0 Å². The van der Waals surface area contributed by atoms with Gasteiger partial charge in [0.1, 0.15) is 5.82 Å². The van der Waals surface area contributed by atoms with Crippen molar-refractivity contribution in [3.05, 3.63) is 53.2 Å². The summed E-state index contributed by atoms with van der Waals surface area (Å²) >= 11 is 5.99. The van der Waals surface area contributed by atoms with Gasteiger partial charge in [0.2, 0.25) is 0 Å². The number of rotatable bonds is 4. The quantitative estimate of drug-likeness (QED) is 0.839. The molecule has 0 atom stereocenters. The monoisotopic (exact) mass is 386 g/mol. The van der Waals surface area contributed by atoms with Crippen molar-refractivity contribution in [2.24, 2.45) is 0 Å². The molecule has 2 N–H and O–H groups in total. The molecule has 1 saturated heterocycles. The molecule has 1 aliphatic heterocycles. The molecule has 1 aromatic carbocycles. The van der Waals surface area contributed by atoms with Crippen LogP contribution in [0.2, 0.25) is 5.02 Å². The van der Waals surface area contributed by atoms with Crippen molar-refractivity contribution in [1.29, 1.82) is 0 Å². The van der Waals surface area contributed by atoms with Crippen LogP contribution in [0.1, 0.15) is 24.8 Å². The van der Waals surface area contributed by atoms with Gasteiger partial charge in [-0.2, -0.15) is 0 Å². The van der Waals surface area contributed by atoms with Crippen LogP contribution >= 0.6 is 11.6 Å².